The summed E-state index contributed by atoms with van der Waals surface area (Å²) in [6.07, 6.45) is -9.70. The van der Waals surface area contributed by atoms with Gasteiger partial charge < -0.3 is 5.32 Å². The molecule has 1 aromatic rings. The van der Waals surface area contributed by atoms with Crippen molar-refractivity contribution in [2.75, 3.05) is 11.2 Å². The molecule has 19 heavy (non-hydrogen) atoms. The third kappa shape index (κ3) is 4.02. The van der Waals surface area contributed by atoms with Crippen LogP contribution >= 0.6 is 11.6 Å². The Kier molecular flexibility index (Phi) is 4.34. The van der Waals surface area contributed by atoms with Crippen LogP contribution in [-0.4, -0.2) is 11.8 Å². The summed E-state index contributed by atoms with van der Waals surface area (Å²) in [5, 5.41) is 1.69. The zero-order valence-electron chi connectivity index (χ0n) is 8.99. The number of alkyl halides is 7. The number of anilines is 1. The van der Waals surface area contributed by atoms with E-state index in [0.29, 0.717) is 6.07 Å². The van der Waals surface area contributed by atoms with Crippen LogP contribution in [0.15, 0.2) is 18.2 Å². The average Bonchev–Trinajstić information content (AvgIpc) is 2.26. The summed E-state index contributed by atoms with van der Waals surface area (Å²) in [5.74, 6) is -1.71. The van der Waals surface area contributed by atoms with Gasteiger partial charge >= 0.3 is 12.4 Å². The highest BCUT2D eigenvalue weighted by Crippen LogP contribution is 2.38. The van der Waals surface area contributed by atoms with Crippen molar-refractivity contribution in [3.63, 3.8) is 0 Å². The van der Waals surface area contributed by atoms with Gasteiger partial charge in [-0.15, -0.1) is 11.6 Å². The van der Waals surface area contributed by atoms with Crippen molar-refractivity contribution in [2.24, 2.45) is 0 Å². The predicted molar refractivity (Wildman–Crippen MR) is 55.8 cm³/mol. The molecule has 0 aliphatic heterocycles. The minimum Gasteiger partial charge on any atom is -0.324 e. The van der Waals surface area contributed by atoms with E-state index in [0.717, 1.165) is 0 Å². The molecule has 9 heteroatoms. The first-order valence-electron chi connectivity index (χ1n) is 4.70. The van der Waals surface area contributed by atoms with Gasteiger partial charge in [-0.3, -0.25) is 4.79 Å². The van der Waals surface area contributed by atoms with E-state index in [4.69, 9.17) is 11.6 Å². The molecule has 1 N–H and O–H groups in total. The number of carbonyl (C=O) groups excluding carboxylic acids is 1. The van der Waals surface area contributed by atoms with E-state index in [1.165, 1.54) is 0 Å². The average molecular weight is 306 g/mol. The lowest BCUT2D eigenvalue weighted by atomic mass is 10.1. The summed E-state index contributed by atoms with van der Waals surface area (Å²) in [6.45, 7) is 0. The highest BCUT2D eigenvalue weighted by molar-refractivity contribution is 6.29. The summed E-state index contributed by atoms with van der Waals surface area (Å²) >= 11 is 5.08. The van der Waals surface area contributed by atoms with Gasteiger partial charge in [0.05, 0.1) is 16.8 Å². The third-order valence-corrected chi connectivity index (χ3v) is 2.29. The predicted octanol–water partition coefficient (Wildman–Crippen LogP) is 3.90. The van der Waals surface area contributed by atoms with E-state index in [9.17, 15) is 31.1 Å². The lowest BCUT2D eigenvalue weighted by molar-refractivity contribution is -0.141. The highest BCUT2D eigenvalue weighted by atomic mass is 35.5. The summed E-state index contributed by atoms with van der Waals surface area (Å²) < 4.78 is 74.9. The van der Waals surface area contributed by atoms with Crippen LogP contribution < -0.4 is 5.32 Å². The molecule has 0 aromatic heterocycles. The van der Waals surface area contributed by atoms with Crippen LogP contribution in [-0.2, 0) is 17.1 Å². The second-order valence-corrected chi connectivity index (χ2v) is 3.70. The second-order valence-electron chi connectivity index (χ2n) is 3.44. The highest BCUT2D eigenvalue weighted by Gasteiger charge is 2.37. The van der Waals surface area contributed by atoms with Crippen molar-refractivity contribution in [1.29, 1.82) is 0 Å². The summed E-state index contributed by atoms with van der Waals surface area (Å²) in [6, 6.07) is 0.763. The lowest BCUT2D eigenvalue weighted by Crippen LogP contribution is -2.18. The molecule has 0 saturated heterocycles. The standard InChI is InChI=1S/C10H6ClF6NO/c11-4-8(19)18-7-3-5(9(12,13)14)1-2-6(7)10(15,16)17/h1-3H,4H2,(H,18,19). The maximum Gasteiger partial charge on any atom is 0.418 e. The zero-order chi connectivity index (χ0) is 14.8. The first-order chi connectivity index (χ1) is 8.55. The van der Waals surface area contributed by atoms with Gasteiger partial charge in [-0.1, -0.05) is 0 Å². The first-order valence-corrected chi connectivity index (χ1v) is 5.23. The normalized spacial score (nSPS) is 12.4. The van der Waals surface area contributed by atoms with Gasteiger partial charge in [-0.25, -0.2) is 0 Å². The molecule has 106 valence electrons. The Morgan fingerprint density at radius 2 is 1.68 bits per heavy atom. The molecule has 0 aliphatic rings. The van der Waals surface area contributed by atoms with Crippen molar-refractivity contribution >= 4 is 23.2 Å². The molecule has 0 heterocycles. The molecule has 0 bridgehead atoms. The van der Waals surface area contributed by atoms with Gasteiger partial charge in [0, 0.05) is 0 Å². The van der Waals surface area contributed by atoms with Crippen LogP contribution in [0, 0.1) is 0 Å². The van der Waals surface area contributed by atoms with Gasteiger partial charge in [-0.2, -0.15) is 26.3 Å². The Morgan fingerprint density at radius 3 is 2.11 bits per heavy atom. The smallest absolute Gasteiger partial charge is 0.324 e. The molecule has 0 saturated carbocycles. The van der Waals surface area contributed by atoms with Crippen LogP contribution in [0.4, 0.5) is 32.0 Å². The van der Waals surface area contributed by atoms with Crippen LogP contribution in [0.2, 0.25) is 0 Å². The van der Waals surface area contributed by atoms with Gasteiger partial charge in [0.2, 0.25) is 5.91 Å². The Labute approximate surface area is 108 Å². The number of halogens is 7. The van der Waals surface area contributed by atoms with Gasteiger partial charge in [0.25, 0.3) is 0 Å². The molecule has 1 rings (SSSR count). The number of hydrogen-bond donors (Lipinski definition) is 1. The fraction of sp³-hybridized carbons (Fsp3) is 0.300. The van der Waals surface area contributed by atoms with E-state index in [-0.39, 0.29) is 12.1 Å². The second kappa shape index (κ2) is 5.28. The van der Waals surface area contributed by atoms with Crippen LogP contribution in [0.1, 0.15) is 11.1 Å². The Balaban J connectivity index is 3.31. The van der Waals surface area contributed by atoms with Crippen molar-refractivity contribution < 1.29 is 31.1 Å². The fourth-order valence-electron chi connectivity index (χ4n) is 1.25. The summed E-state index contributed by atoms with van der Waals surface area (Å²) in [7, 11) is 0. The number of amides is 1. The molecule has 0 radical (unpaired) electrons. The van der Waals surface area contributed by atoms with Crippen molar-refractivity contribution in [3.05, 3.63) is 29.3 Å². The van der Waals surface area contributed by atoms with Crippen LogP contribution in [0.5, 0.6) is 0 Å². The van der Waals surface area contributed by atoms with Crippen LogP contribution in [0.3, 0.4) is 0 Å². The minimum atomic E-state index is -4.89. The molecule has 2 nitrogen and oxygen atoms in total. The number of benzene rings is 1. The summed E-state index contributed by atoms with van der Waals surface area (Å²) in [5.41, 5.74) is -3.66. The van der Waals surface area contributed by atoms with E-state index in [1.807, 2.05) is 0 Å². The molecular weight excluding hydrogens is 300 g/mol. The molecule has 1 aromatic carbocycles. The zero-order valence-corrected chi connectivity index (χ0v) is 9.75. The van der Waals surface area contributed by atoms with E-state index in [2.05, 4.69) is 0 Å². The number of carbonyl (C=O) groups is 1. The maximum atomic E-state index is 12.6. The molecule has 0 fully saturated rings. The van der Waals surface area contributed by atoms with E-state index < -0.39 is 41.0 Å². The molecular formula is C10H6ClF6NO. The SMILES string of the molecule is O=C(CCl)Nc1cc(C(F)(F)F)ccc1C(F)(F)F. The van der Waals surface area contributed by atoms with E-state index in [1.54, 1.807) is 5.32 Å². The van der Waals surface area contributed by atoms with E-state index >= 15 is 0 Å². The fourth-order valence-corrected chi connectivity index (χ4v) is 1.32. The lowest BCUT2D eigenvalue weighted by Gasteiger charge is -2.16. The Morgan fingerprint density at radius 1 is 1.11 bits per heavy atom. The first kappa shape index (κ1) is 15.6. The van der Waals surface area contributed by atoms with Crippen LogP contribution in [0.25, 0.3) is 0 Å². The Hall–Kier alpha value is -1.44. The van der Waals surface area contributed by atoms with Crippen molar-refractivity contribution in [1.82, 2.24) is 0 Å². The van der Waals surface area contributed by atoms with Crippen molar-refractivity contribution in [3.8, 4) is 0 Å². The molecule has 0 spiro atoms. The molecule has 1 amide bonds. The van der Waals surface area contributed by atoms with Gasteiger partial charge in [-0.05, 0) is 18.2 Å². The number of hydrogen-bond acceptors (Lipinski definition) is 1. The minimum absolute atomic E-state index is 0.216. The quantitative estimate of drug-likeness (QED) is 0.651. The maximum absolute atomic E-state index is 12.6. The number of nitrogens with one attached hydrogen (secondary N) is 1. The van der Waals surface area contributed by atoms with Gasteiger partial charge in [0.1, 0.15) is 5.88 Å². The third-order valence-electron chi connectivity index (χ3n) is 2.05. The monoisotopic (exact) mass is 305 g/mol. The number of rotatable bonds is 2. The van der Waals surface area contributed by atoms with Gasteiger partial charge in [0.15, 0.2) is 0 Å². The molecule has 0 aliphatic carbocycles. The van der Waals surface area contributed by atoms with Crippen molar-refractivity contribution in [2.45, 2.75) is 12.4 Å². The Bertz CT molecular complexity index is 482. The largest absolute Gasteiger partial charge is 0.418 e. The molecule has 0 unspecified atom stereocenters. The topological polar surface area (TPSA) is 29.1 Å². The molecule has 0 atom stereocenters. The summed E-state index contributed by atoms with van der Waals surface area (Å²) in [4.78, 5) is 10.9.